The number of amides is 1. The van der Waals surface area contributed by atoms with E-state index in [-0.39, 0.29) is 18.6 Å². The fraction of sp³-hybridized carbons (Fsp3) is 0.188. The van der Waals surface area contributed by atoms with Gasteiger partial charge in [0.2, 0.25) is 5.91 Å². The molecule has 2 rings (SSSR count). The summed E-state index contributed by atoms with van der Waals surface area (Å²) in [5.41, 5.74) is 1.84. The van der Waals surface area contributed by atoms with E-state index in [1.165, 1.54) is 0 Å². The van der Waals surface area contributed by atoms with E-state index < -0.39 is 0 Å². The van der Waals surface area contributed by atoms with E-state index in [4.69, 9.17) is 0 Å². The Hall–Kier alpha value is -1.65. The minimum absolute atomic E-state index is 0.102. The van der Waals surface area contributed by atoms with Crippen molar-refractivity contribution in [3.05, 3.63) is 70.2 Å². The first kappa shape index (κ1) is 14.8. The molecular formula is C16H16BrNO2. The van der Waals surface area contributed by atoms with Gasteiger partial charge in [0, 0.05) is 4.47 Å². The van der Waals surface area contributed by atoms with Crippen LogP contribution in [0.15, 0.2) is 59.1 Å². The second-order valence-corrected chi connectivity index (χ2v) is 5.43. The number of carbonyl (C=O) groups is 1. The normalized spacial score (nSPS) is 11.9. The van der Waals surface area contributed by atoms with Crippen molar-refractivity contribution in [2.24, 2.45) is 0 Å². The third-order valence-corrected chi connectivity index (χ3v) is 3.53. The Morgan fingerprint density at radius 2 is 1.75 bits per heavy atom. The lowest BCUT2D eigenvalue weighted by Gasteiger charge is -2.16. The van der Waals surface area contributed by atoms with E-state index in [1.807, 2.05) is 54.6 Å². The van der Waals surface area contributed by atoms with Crippen molar-refractivity contribution in [2.75, 3.05) is 6.61 Å². The van der Waals surface area contributed by atoms with Crippen LogP contribution in [0, 0.1) is 0 Å². The first-order chi connectivity index (χ1) is 9.69. The lowest BCUT2D eigenvalue weighted by Crippen LogP contribution is -2.31. The van der Waals surface area contributed by atoms with Crippen LogP contribution < -0.4 is 5.32 Å². The van der Waals surface area contributed by atoms with Crippen molar-refractivity contribution in [2.45, 2.75) is 12.5 Å². The van der Waals surface area contributed by atoms with Gasteiger partial charge in [0.15, 0.2) is 0 Å². The molecule has 4 heteroatoms. The van der Waals surface area contributed by atoms with Gasteiger partial charge in [0.1, 0.15) is 0 Å². The highest BCUT2D eigenvalue weighted by atomic mass is 79.9. The highest BCUT2D eigenvalue weighted by molar-refractivity contribution is 9.10. The Labute approximate surface area is 126 Å². The maximum absolute atomic E-state index is 12.0. The standard InChI is InChI=1S/C16H16BrNO2/c17-14-8-6-12(7-9-14)10-16(20)18-15(11-19)13-4-2-1-3-5-13/h1-9,15,19H,10-11H2,(H,18,20). The van der Waals surface area contributed by atoms with Crippen LogP contribution in [0.3, 0.4) is 0 Å². The summed E-state index contributed by atoms with van der Waals surface area (Å²) < 4.78 is 0.985. The minimum atomic E-state index is -0.362. The molecule has 0 aliphatic heterocycles. The lowest BCUT2D eigenvalue weighted by atomic mass is 10.1. The molecule has 1 atom stereocenters. The predicted octanol–water partition coefficient (Wildman–Crippen LogP) is 2.84. The summed E-state index contributed by atoms with van der Waals surface area (Å²) in [6.45, 7) is -0.115. The number of aliphatic hydroxyl groups is 1. The number of aliphatic hydroxyl groups excluding tert-OH is 1. The summed E-state index contributed by atoms with van der Waals surface area (Å²) >= 11 is 3.36. The second-order valence-electron chi connectivity index (χ2n) is 4.52. The summed E-state index contributed by atoms with van der Waals surface area (Å²) in [6.07, 6.45) is 0.302. The summed E-state index contributed by atoms with van der Waals surface area (Å²) in [6, 6.07) is 16.7. The predicted molar refractivity (Wildman–Crippen MR) is 82.3 cm³/mol. The fourth-order valence-electron chi connectivity index (χ4n) is 1.95. The Balaban J connectivity index is 1.97. The van der Waals surface area contributed by atoms with Crippen molar-refractivity contribution >= 4 is 21.8 Å². The quantitative estimate of drug-likeness (QED) is 0.883. The van der Waals surface area contributed by atoms with Crippen LogP contribution in [-0.4, -0.2) is 17.6 Å². The van der Waals surface area contributed by atoms with E-state index in [9.17, 15) is 9.90 Å². The molecule has 0 bridgehead atoms. The average Bonchev–Trinajstić information content (AvgIpc) is 2.48. The van der Waals surface area contributed by atoms with Crippen LogP contribution in [0.4, 0.5) is 0 Å². The largest absolute Gasteiger partial charge is 0.394 e. The van der Waals surface area contributed by atoms with Gasteiger partial charge in [-0.3, -0.25) is 4.79 Å². The molecule has 2 aromatic carbocycles. The Kier molecular flexibility index (Phi) is 5.32. The van der Waals surface area contributed by atoms with Crippen LogP contribution in [0.1, 0.15) is 17.2 Å². The van der Waals surface area contributed by atoms with Gasteiger partial charge in [-0.15, -0.1) is 0 Å². The molecule has 0 aliphatic carbocycles. The molecule has 2 aromatic rings. The van der Waals surface area contributed by atoms with Gasteiger partial charge in [0.05, 0.1) is 19.1 Å². The van der Waals surface area contributed by atoms with E-state index in [0.29, 0.717) is 6.42 Å². The van der Waals surface area contributed by atoms with Gasteiger partial charge in [-0.2, -0.15) is 0 Å². The van der Waals surface area contributed by atoms with Crippen molar-refractivity contribution in [1.29, 1.82) is 0 Å². The zero-order valence-electron chi connectivity index (χ0n) is 10.9. The van der Waals surface area contributed by atoms with Crippen LogP contribution in [-0.2, 0) is 11.2 Å². The number of rotatable bonds is 5. The Bertz CT molecular complexity index is 554. The molecule has 20 heavy (non-hydrogen) atoms. The molecule has 0 radical (unpaired) electrons. The van der Waals surface area contributed by atoms with E-state index in [1.54, 1.807) is 0 Å². The van der Waals surface area contributed by atoms with Gasteiger partial charge >= 0.3 is 0 Å². The molecule has 0 saturated heterocycles. The number of carbonyl (C=O) groups excluding carboxylic acids is 1. The highest BCUT2D eigenvalue weighted by Gasteiger charge is 2.13. The van der Waals surface area contributed by atoms with Gasteiger partial charge in [-0.25, -0.2) is 0 Å². The number of hydrogen-bond donors (Lipinski definition) is 2. The zero-order valence-corrected chi connectivity index (χ0v) is 12.5. The van der Waals surface area contributed by atoms with Gasteiger partial charge in [-0.1, -0.05) is 58.4 Å². The molecular weight excluding hydrogens is 318 g/mol. The molecule has 1 amide bonds. The first-order valence-electron chi connectivity index (χ1n) is 6.38. The molecule has 3 nitrogen and oxygen atoms in total. The van der Waals surface area contributed by atoms with Crippen molar-refractivity contribution in [1.82, 2.24) is 5.32 Å². The number of hydrogen-bond acceptors (Lipinski definition) is 2. The number of nitrogens with one attached hydrogen (secondary N) is 1. The molecule has 0 fully saturated rings. The monoisotopic (exact) mass is 333 g/mol. The second kappa shape index (κ2) is 7.22. The number of benzene rings is 2. The Morgan fingerprint density at radius 1 is 1.10 bits per heavy atom. The highest BCUT2D eigenvalue weighted by Crippen LogP contribution is 2.13. The van der Waals surface area contributed by atoms with Crippen molar-refractivity contribution < 1.29 is 9.90 Å². The van der Waals surface area contributed by atoms with Crippen LogP contribution in [0.5, 0.6) is 0 Å². The summed E-state index contributed by atoms with van der Waals surface area (Å²) in [5, 5.41) is 12.3. The minimum Gasteiger partial charge on any atom is -0.394 e. The van der Waals surface area contributed by atoms with E-state index >= 15 is 0 Å². The molecule has 0 saturated carbocycles. The molecule has 2 N–H and O–H groups in total. The third-order valence-electron chi connectivity index (χ3n) is 3.00. The molecule has 0 aromatic heterocycles. The molecule has 0 spiro atoms. The van der Waals surface area contributed by atoms with Crippen LogP contribution in [0.2, 0.25) is 0 Å². The Morgan fingerprint density at radius 3 is 2.35 bits per heavy atom. The summed E-state index contributed by atoms with van der Waals surface area (Å²) in [4.78, 5) is 12.0. The number of halogens is 1. The van der Waals surface area contributed by atoms with Crippen molar-refractivity contribution in [3.8, 4) is 0 Å². The first-order valence-corrected chi connectivity index (χ1v) is 7.18. The maximum Gasteiger partial charge on any atom is 0.224 e. The average molecular weight is 334 g/mol. The smallest absolute Gasteiger partial charge is 0.224 e. The van der Waals surface area contributed by atoms with Crippen molar-refractivity contribution in [3.63, 3.8) is 0 Å². The lowest BCUT2D eigenvalue weighted by molar-refractivity contribution is -0.121. The fourth-order valence-corrected chi connectivity index (χ4v) is 2.22. The van der Waals surface area contributed by atoms with Gasteiger partial charge < -0.3 is 10.4 Å². The van der Waals surface area contributed by atoms with E-state index in [0.717, 1.165) is 15.6 Å². The summed E-state index contributed by atoms with van der Waals surface area (Å²) in [5.74, 6) is -0.102. The molecule has 1 unspecified atom stereocenters. The molecule has 0 heterocycles. The molecule has 104 valence electrons. The van der Waals surface area contributed by atoms with Gasteiger partial charge in [0.25, 0.3) is 0 Å². The summed E-state index contributed by atoms with van der Waals surface area (Å²) in [7, 11) is 0. The third kappa shape index (κ3) is 4.18. The maximum atomic E-state index is 12.0. The van der Waals surface area contributed by atoms with Crippen LogP contribution >= 0.6 is 15.9 Å². The van der Waals surface area contributed by atoms with Gasteiger partial charge in [-0.05, 0) is 23.3 Å². The molecule has 0 aliphatic rings. The zero-order chi connectivity index (χ0) is 14.4. The van der Waals surface area contributed by atoms with E-state index in [2.05, 4.69) is 21.2 Å². The van der Waals surface area contributed by atoms with Crippen LogP contribution in [0.25, 0.3) is 0 Å². The SMILES string of the molecule is O=C(Cc1ccc(Br)cc1)NC(CO)c1ccccc1. The topological polar surface area (TPSA) is 49.3 Å².